The second-order valence-corrected chi connectivity index (χ2v) is 8.52. The summed E-state index contributed by atoms with van der Waals surface area (Å²) >= 11 is 12.5. The monoisotopic (exact) mass is 485 g/mol. The zero-order valence-electron chi connectivity index (χ0n) is 18.0. The summed E-state index contributed by atoms with van der Waals surface area (Å²) < 4.78 is 10.5. The van der Waals surface area contributed by atoms with E-state index in [2.05, 4.69) is 0 Å². The Balaban J connectivity index is 1.70. The number of hydrogen-bond acceptors (Lipinski definition) is 5. The first kappa shape index (κ1) is 23.1. The minimum absolute atomic E-state index is 0.139. The maximum absolute atomic E-state index is 13.5. The van der Waals surface area contributed by atoms with Gasteiger partial charge in [0.25, 0.3) is 5.91 Å². The molecule has 1 unspecified atom stereocenters. The Morgan fingerprint density at radius 1 is 1.00 bits per heavy atom. The topological polar surface area (TPSA) is 76.1 Å². The van der Waals surface area contributed by atoms with Gasteiger partial charge in [-0.05, 0) is 48.0 Å². The lowest BCUT2D eigenvalue weighted by molar-refractivity contribution is -0.136. The fourth-order valence-electron chi connectivity index (χ4n) is 3.99. The normalized spacial score (nSPS) is 17.1. The SMILES string of the molecule is COc1ccc(C(=O)CC2(O)C(=O)N(Cc3ccccc3Cl)c3ccc(Cl)cc32)cc1OC. The van der Waals surface area contributed by atoms with Crippen molar-refractivity contribution in [1.29, 1.82) is 0 Å². The summed E-state index contributed by atoms with van der Waals surface area (Å²) in [6.07, 6.45) is -0.465. The second-order valence-electron chi connectivity index (χ2n) is 7.67. The summed E-state index contributed by atoms with van der Waals surface area (Å²) in [4.78, 5) is 28.1. The van der Waals surface area contributed by atoms with E-state index in [1.807, 2.05) is 6.07 Å². The summed E-state index contributed by atoms with van der Waals surface area (Å²) in [6, 6.07) is 16.6. The maximum Gasteiger partial charge on any atom is 0.264 e. The van der Waals surface area contributed by atoms with Crippen molar-refractivity contribution in [1.82, 2.24) is 0 Å². The minimum atomic E-state index is -2.08. The van der Waals surface area contributed by atoms with Gasteiger partial charge < -0.3 is 19.5 Å². The van der Waals surface area contributed by atoms with Crippen molar-refractivity contribution < 1.29 is 24.2 Å². The van der Waals surface area contributed by atoms with Crippen LogP contribution in [0.25, 0.3) is 0 Å². The third kappa shape index (κ3) is 4.17. The fourth-order valence-corrected chi connectivity index (χ4v) is 4.36. The van der Waals surface area contributed by atoms with Gasteiger partial charge in [0.1, 0.15) is 0 Å². The molecule has 3 aromatic carbocycles. The number of amides is 1. The van der Waals surface area contributed by atoms with E-state index in [1.54, 1.807) is 42.5 Å². The van der Waals surface area contributed by atoms with Crippen molar-refractivity contribution in [3.8, 4) is 11.5 Å². The predicted octanol–water partition coefficient (Wildman–Crippen LogP) is 5.02. The molecule has 1 amide bonds. The van der Waals surface area contributed by atoms with Crippen LogP contribution in [0.4, 0.5) is 5.69 Å². The summed E-state index contributed by atoms with van der Waals surface area (Å²) in [7, 11) is 2.96. The molecule has 1 aliphatic rings. The van der Waals surface area contributed by atoms with E-state index in [4.69, 9.17) is 32.7 Å². The quantitative estimate of drug-likeness (QED) is 0.475. The molecule has 0 spiro atoms. The molecule has 4 rings (SSSR count). The van der Waals surface area contributed by atoms with Crippen LogP contribution >= 0.6 is 23.2 Å². The smallest absolute Gasteiger partial charge is 0.264 e. The highest BCUT2D eigenvalue weighted by atomic mass is 35.5. The van der Waals surface area contributed by atoms with Gasteiger partial charge >= 0.3 is 0 Å². The maximum atomic E-state index is 13.5. The van der Waals surface area contributed by atoms with Gasteiger partial charge in [-0.3, -0.25) is 9.59 Å². The molecule has 0 saturated heterocycles. The Morgan fingerprint density at radius 2 is 1.73 bits per heavy atom. The van der Waals surface area contributed by atoms with Gasteiger partial charge in [-0.2, -0.15) is 0 Å². The van der Waals surface area contributed by atoms with E-state index in [0.29, 0.717) is 32.8 Å². The van der Waals surface area contributed by atoms with Crippen LogP contribution in [0, 0.1) is 0 Å². The number of nitrogens with zero attached hydrogens (tertiary/aromatic N) is 1. The molecular formula is C25H21Cl2NO5. The Hall–Kier alpha value is -3.06. The fraction of sp³-hybridized carbons (Fsp3) is 0.200. The van der Waals surface area contributed by atoms with Gasteiger partial charge in [0.2, 0.25) is 0 Å². The van der Waals surface area contributed by atoms with Gasteiger partial charge in [-0.25, -0.2) is 0 Å². The van der Waals surface area contributed by atoms with Crippen LogP contribution in [0.5, 0.6) is 11.5 Å². The summed E-state index contributed by atoms with van der Waals surface area (Å²) in [6.45, 7) is 0.139. The highest BCUT2D eigenvalue weighted by Crippen LogP contribution is 2.45. The first-order valence-electron chi connectivity index (χ1n) is 10.1. The van der Waals surface area contributed by atoms with Gasteiger partial charge in [0.05, 0.1) is 32.9 Å². The Morgan fingerprint density at radius 3 is 2.42 bits per heavy atom. The summed E-state index contributed by atoms with van der Waals surface area (Å²) in [5.74, 6) is -0.213. The Labute approximate surface area is 201 Å². The highest BCUT2D eigenvalue weighted by molar-refractivity contribution is 6.31. The zero-order valence-corrected chi connectivity index (χ0v) is 19.5. The van der Waals surface area contributed by atoms with Gasteiger partial charge in [0.15, 0.2) is 22.9 Å². The summed E-state index contributed by atoms with van der Waals surface area (Å²) in [5, 5.41) is 12.4. The van der Waals surface area contributed by atoms with Crippen molar-refractivity contribution in [3.05, 3.63) is 87.4 Å². The molecule has 3 aromatic rings. The van der Waals surface area contributed by atoms with Crippen molar-refractivity contribution in [2.75, 3.05) is 19.1 Å². The zero-order chi connectivity index (χ0) is 23.8. The van der Waals surface area contributed by atoms with Crippen LogP contribution in [-0.2, 0) is 16.9 Å². The third-order valence-corrected chi connectivity index (χ3v) is 6.31. The van der Waals surface area contributed by atoms with Crippen LogP contribution in [0.3, 0.4) is 0 Å². The Kier molecular flexibility index (Phi) is 6.34. The number of aliphatic hydroxyl groups is 1. The highest BCUT2D eigenvalue weighted by Gasteiger charge is 2.51. The molecule has 1 N–H and O–H groups in total. The molecule has 0 saturated carbocycles. The van der Waals surface area contributed by atoms with Crippen LogP contribution in [0.15, 0.2) is 60.7 Å². The number of fused-ring (bicyclic) bond motifs is 1. The van der Waals surface area contributed by atoms with E-state index in [-0.39, 0.29) is 17.7 Å². The van der Waals surface area contributed by atoms with Crippen LogP contribution in [0.2, 0.25) is 10.0 Å². The number of anilines is 1. The first-order chi connectivity index (χ1) is 15.8. The lowest BCUT2D eigenvalue weighted by Gasteiger charge is -2.23. The van der Waals surface area contributed by atoms with Gasteiger partial charge in [0, 0.05) is 21.2 Å². The van der Waals surface area contributed by atoms with Crippen molar-refractivity contribution in [3.63, 3.8) is 0 Å². The molecule has 0 aliphatic carbocycles. The second kappa shape index (κ2) is 9.06. The molecule has 0 aromatic heterocycles. The van der Waals surface area contributed by atoms with E-state index in [1.165, 1.54) is 31.3 Å². The molecule has 6 nitrogen and oxygen atoms in total. The molecule has 170 valence electrons. The average Bonchev–Trinajstić information content (AvgIpc) is 3.01. The molecule has 0 bridgehead atoms. The largest absolute Gasteiger partial charge is 0.493 e. The number of benzene rings is 3. The molecule has 8 heteroatoms. The molecule has 1 aliphatic heterocycles. The molecule has 1 heterocycles. The number of rotatable bonds is 7. The molecule has 33 heavy (non-hydrogen) atoms. The summed E-state index contributed by atoms with van der Waals surface area (Å²) in [5.41, 5.74) is -0.329. The van der Waals surface area contributed by atoms with Gasteiger partial charge in [-0.15, -0.1) is 0 Å². The number of ketones is 1. The number of halogens is 2. The molecule has 0 radical (unpaired) electrons. The minimum Gasteiger partial charge on any atom is -0.493 e. The number of ether oxygens (including phenoxy) is 2. The van der Waals surface area contributed by atoms with Crippen molar-refractivity contribution >= 4 is 40.6 Å². The number of carbonyl (C=O) groups excluding carboxylic acids is 2. The van der Waals surface area contributed by atoms with Gasteiger partial charge in [-0.1, -0.05) is 41.4 Å². The van der Waals surface area contributed by atoms with E-state index in [0.717, 1.165) is 0 Å². The van der Waals surface area contributed by atoms with Crippen LogP contribution in [-0.4, -0.2) is 31.0 Å². The number of hydrogen-bond donors (Lipinski definition) is 1. The lowest BCUT2D eigenvalue weighted by Crippen LogP contribution is -2.41. The van der Waals surface area contributed by atoms with E-state index < -0.39 is 23.7 Å². The number of Topliss-reactive ketones (excluding diaryl/α,β-unsaturated/α-hetero) is 1. The lowest BCUT2D eigenvalue weighted by atomic mass is 9.88. The van der Waals surface area contributed by atoms with E-state index >= 15 is 0 Å². The number of carbonyl (C=O) groups is 2. The standard InChI is InChI=1S/C25H21Cl2NO5/c1-32-22-10-7-15(11-23(22)33-2)21(29)13-25(31)18-12-17(26)8-9-20(18)28(24(25)30)14-16-5-3-4-6-19(16)27/h3-12,31H,13-14H2,1-2H3. The van der Waals surface area contributed by atoms with E-state index in [9.17, 15) is 14.7 Å². The molecular weight excluding hydrogens is 465 g/mol. The first-order valence-corrected chi connectivity index (χ1v) is 10.9. The predicted molar refractivity (Wildman–Crippen MR) is 126 cm³/mol. The van der Waals surface area contributed by atoms with Crippen molar-refractivity contribution in [2.45, 2.75) is 18.6 Å². The average molecular weight is 486 g/mol. The Bertz CT molecular complexity index is 1250. The van der Waals surface area contributed by atoms with Crippen molar-refractivity contribution in [2.24, 2.45) is 0 Å². The van der Waals surface area contributed by atoms with Crippen LogP contribution in [0.1, 0.15) is 27.9 Å². The number of methoxy groups -OCH3 is 2. The van der Waals surface area contributed by atoms with Crippen LogP contribution < -0.4 is 14.4 Å². The molecule has 1 atom stereocenters. The third-order valence-electron chi connectivity index (χ3n) is 5.70. The molecule has 0 fully saturated rings.